The van der Waals surface area contributed by atoms with Crippen molar-refractivity contribution < 1.29 is 22.7 Å². The van der Waals surface area contributed by atoms with Crippen LogP contribution in [-0.2, 0) is 0 Å². The molecular weight excluding hydrogens is 377 g/mol. The van der Waals surface area contributed by atoms with Gasteiger partial charge in [-0.2, -0.15) is 11.8 Å². The van der Waals surface area contributed by atoms with E-state index in [9.17, 15) is 18.0 Å². The molecule has 0 bridgehead atoms. The predicted octanol–water partition coefficient (Wildman–Crippen LogP) is 4.02. The highest BCUT2D eigenvalue weighted by Gasteiger charge is 2.32. The highest BCUT2D eigenvalue weighted by atomic mass is 32.2. The first-order valence-electron chi connectivity index (χ1n) is 9.39. The van der Waals surface area contributed by atoms with Crippen molar-refractivity contribution in [3.8, 4) is 5.75 Å². The molecule has 2 heterocycles. The molecule has 1 unspecified atom stereocenters. The zero-order valence-electron chi connectivity index (χ0n) is 15.2. The van der Waals surface area contributed by atoms with Gasteiger partial charge in [-0.15, -0.1) is 13.2 Å². The molecule has 8 heteroatoms. The standard InChI is InChI=1S/C19H25F3N2O2S/c20-19(21,22)26-17-7-5-15(6-8-17)18(25)24-11-4-12-27-14-16(24)13-23-9-2-1-3-10-23/h5-8,16H,1-4,9-14H2. The lowest BCUT2D eigenvalue weighted by Crippen LogP contribution is -2.49. The molecule has 4 nitrogen and oxygen atoms in total. The normalized spacial score (nSPS) is 22.3. The van der Waals surface area contributed by atoms with Gasteiger partial charge in [-0.1, -0.05) is 6.42 Å². The smallest absolute Gasteiger partial charge is 0.406 e. The lowest BCUT2D eigenvalue weighted by molar-refractivity contribution is -0.274. The largest absolute Gasteiger partial charge is 0.573 e. The van der Waals surface area contributed by atoms with Crippen molar-refractivity contribution in [2.24, 2.45) is 0 Å². The third kappa shape index (κ3) is 6.04. The number of carbonyl (C=O) groups excluding carboxylic acids is 1. The van der Waals surface area contributed by atoms with Gasteiger partial charge in [0.25, 0.3) is 5.91 Å². The van der Waals surface area contributed by atoms with Crippen molar-refractivity contribution >= 4 is 17.7 Å². The summed E-state index contributed by atoms with van der Waals surface area (Å²) in [7, 11) is 0. The quantitative estimate of drug-likeness (QED) is 0.762. The van der Waals surface area contributed by atoms with Crippen LogP contribution in [0.2, 0.25) is 0 Å². The minimum absolute atomic E-state index is 0.113. The Morgan fingerprint density at radius 1 is 1.07 bits per heavy atom. The number of rotatable bonds is 4. The van der Waals surface area contributed by atoms with Crippen LogP contribution in [0.15, 0.2) is 24.3 Å². The molecular formula is C19H25F3N2O2S. The van der Waals surface area contributed by atoms with Gasteiger partial charge >= 0.3 is 6.36 Å². The third-order valence-electron chi connectivity index (χ3n) is 4.95. The van der Waals surface area contributed by atoms with Gasteiger partial charge in [0.15, 0.2) is 0 Å². The fraction of sp³-hybridized carbons (Fsp3) is 0.632. The summed E-state index contributed by atoms with van der Waals surface area (Å²) in [4.78, 5) is 17.4. The van der Waals surface area contributed by atoms with Crippen LogP contribution in [0, 0.1) is 0 Å². The lowest BCUT2D eigenvalue weighted by Gasteiger charge is -2.35. The van der Waals surface area contributed by atoms with E-state index in [1.807, 2.05) is 16.7 Å². The fourth-order valence-electron chi connectivity index (χ4n) is 3.65. The summed E-state index contributed by atoms with van der Waals surface area (Å²) < 4.78 is 40.8. The molecule has 3 rings (SSSR count). The number of ether oxygens (including phenoxy) is 1. The van der Waals surface area contributed by atoms with Crippen LogP contribution in [0.5, 0.6) is 5.75 Å². The van der Waals surface area contributed by atoms with Gasteiger partial charge in [0, 0.05) is 24.4 Å². The molecule has 2 saturated heterocycles. The molecule has 1 aromatic rings. The lowest BCUT2D eigenvalue weighted by atomic mass is 10.1. The number of benzene rings is 1. The molecule has 0 N–H and O–H groups in total. The maximum absolute atomic E-state index is 13.0. The molecule has 2 aliphatic heterocycles. The van der Waals surface area contributed by atoms with E-state index < -0.39 is 6.36 Å². The van der Waals surface area contributed by atoms with Crippen LogP contribution in [0.25, 0.3) is 0 Å². The van der Waals surface area contributed by atoms with Gasteiger partial charge in [-0.25, -0.2) is 0 Å². The number of nitrogens with zero attached hydrogens (tertiary/aromatic N) is 2. The van der Waals surface area contributed by atoms with Crippen LogP contribution in [-0.4, -0.2) is 65.8 Å². The number of thioether (sulfide) groups is 1. The molecule has 0 radical (unpaired) electrons. The van der Waals surface area contributed by atoms with E-state index in [0.29, 0.717) is 12.1 Å². The maximum atomic E-state index is 13.0. The summed E-state index contributed by atoms with van der Waals surface area (Å²) in [6.07, 6.45) is -0.122. The first-order valence-corrected chi connectivity index (χ1v) is 10.5. The van der Waals surface area contributed by atoms with Gasteiger partial charge in [-0.05, 0) is 62.4 Å². The van der Waals surface area contributed by atoms with E-state index in [4.69, 9.17) is 0 Å². The van der Waals surface area contributed by atoms with Crippen LogP contribution in [0.4, 0.5) is 13.2 Å². The number of amides is 1. The molecule has 27 heavy (non-hydrogen) atoms. The van der Waals surface area contributed by atoms with Crippen molar-refractivity contribution in [1.29, 1.82) is 0 Å². The van der Waals surface area contributed by atoms with Crippen molar-refractivity contribution in [3.05, 3.63) is 29.8 Å². The first-order chi connectivity index (χ1) is 12.9. The Morgan fingerprint density at radius 3 is 2.44 bits per heavy atom. The molecule has 0 aliphatic carbocycles. The number of hydrogen-bond donors (Lipinski definition) is 0. The monoisotopic (exact) mass is 402 g/mol. The average Bonchev–Trinajstić information content (AvgIpc) is 2.87. The van der Waals surface area contributed by atoms with Crippen LogP contribution in [0.3, 0.4) is 0 Å². The van der Waals surface area contributed by atoms with Crippen molar-refractivity contribution in [2.75, 3.05) is 37.7 Å². The zero-order chi connectivity index (χ0) is 19.3. The Kier molecular flexibility index (Phi) is 6.92. The molecule has 0 aromatic heterocycles. The van der Waals surface area contributed by atoms with Crippen LogP contribution < -0.4 is 4.74 Å². The second kappa shape index (κ2) is 9.19. The Balaban J connectivity index is 1.69. The minimum atomic E-state index is -4.73. The molecule has 1 atom stereocenters. The molecule has 1 aromatic carbocycles. The fourth-order valence-corrected chi connectivity index (χ4v) is 4.71. The van der Waals surface area contributed by atoms with Crippen LogP contribution >= 0.6 is 11.8 Å². The first kappa shape index (κ1) is 20.3. The molecule has 1 amide bonds. The molecule has 0 saturated carbocycles. The Hall–Kier alpha value is -1.41. The molecule has 150 valence electrons. The molecule has 0 spiro atoms. The van der Waals surface area contributed by atoms with Crippen LogP contribution in [0.1, 0.15) is 36.0 Å². The zero-order valence-corrected chi connectivity index (χ0v) is 16.0. The Bertz CT molecular complexity index is 618. The highest BCUT2D eigenvalue weighted by molar-refractivity contribution is 7.99. The van der Waals surface area contributed by atoms with Crippen molar-refractivity contribution in [2.45, 2.75) is 38.1 Å². The van der Waals surface area contributed by atoms with E-state index in [2.05, 4.69) is 9.64 Å². The van der Waals surface area contributed by atoms with Gasteiger partial charge in [0.05, 0.1) is 6.04 Å². The summed E-state index contributed by atoms with van der Waals surface area (Å²) in [6, 6.07) is 5.37. The molecule has 2 fully saturated rings. The topological polar surface area (TPSA) is 32.8 Å². The summed E-state index contributed by atoms with van der Waals surface area (Å²) in [5.74, 6) is 1.50. The SMILES string of the molecule is O=C(c1ccc(OC(F)(F)F)cc1)N1CCCSCC1CN1CCCCC1. The number of carbonyl (C=O) groups is 1. The van der Waals surface area contributed by atoms with E-state index in [1.54, 1.807) is 0 Å². The second-order valence-corrected chi connectivity index (χ2v) is 8.16. The van der Waals surface area contributed by atoms with E-state index in [-0.39, 0.29) is 17.7 Å². The summed E-state index contributed by atoms with van der Waals surface area (Å²) in [5.41, 5.74) is 0.403. The Labute approximate surface area is 162 Å². The summed E-state index contributed by atoms with van der Waals surface area (Å²) in [5, 5.41) is 0. The number of piperidine rings is 1. The number of hydrogen-bond acceptors (Lipinski definition) is 4. The van der Waals surface area contributed by atoms with Crippen molar-refractivity contribution in [3.63, 3.8) is 0 Å². The maximum Gasteiger partial charge on any atom is 0.573 e. The summed E-state index contributed by atoms with van der Waals surface area (Å²) in [6.45, 7) is 3.71. The van der Waals surface area contributed by atoms with Gasteiger partial charge < -0.3 is 14.5 Å². The van der Waals surface area contributed by atoms with E-state index in [1.165, 1.54) is 43.5 Å². The van der Waals surface area contributed by atoms with Gasteiger partial charge in [-0.3, -0.25) is 4.79 Å². The van der Waals surface area contributed by atoms with Crippen molar-refractivity contribution in [1.82, 2.24) is 9.80 Å². The van der Waals surface area contributed by atoms with E-state index in [0.717, 1.165) is 37.6 Å². The minimum Gasteiger partial charge on any atom is -0.406 e. The van der Waals surface area contributed by atoms with Gasteiger partial charge in [0.2, 0.25) is 0 Å². The van der Waals surface area contributed by atoms with E-state index >= 15 is 0 Å². The number of halogens is 3. The highest BCUT2D eigenvalue weighted by Crippen LogP contribution is 2.25. The predicted molar refractivity (Wildman–Crippen MR) is 100 cm³/mol. The summed E-state index contributed by atoms with van der Waals surface area (Å²) >= 11 is 1.87. The number of alkyl halides is 3. The molecule has 2 aliphatic rings. The number of likely N-dealkylation sites (tertiary alicyclic amines) is 1. The average molecular weight is 402 g/mol. The van der Waals surface area contributed by atoms with Gasteiger partial charge in [0.1, 0.15) is 5.75 Å². The Morgan fingerprint density at radius 2 is 1.78 bits per heavy atom. The third-order valence-corrected chi connectivity index (χ3v) is 6.15. The second-order valence-electron chi connectivity index (χ2n) is 7.01.